The van der Waals surface area contributed by atoms with Crippen molar-refractivity contribution in [3.8, 4) is 0 Å². The number of nitrogens with one attached hydrogen (secondary N) is 2. The van der Waals surface area contributed by atoms with Crippen molar-refractivity contribution >= 4 is 22.8 Å². The fraction of sp³-hybridized carbons (Fsp3) is 0.273. The first-order valence-electron chi connectivity index (χ1n) is 9.07. The average Bonchev–Trinajstić information content (AvgIpc) is 3.04. The molecule has 6 heteroatoms. The summed E-state index contributed by atoms with van der Waals surface area (Å²) in [6.45, 7) is 5.33. The molecule has 5 nitrogen and oxygen atoms in total. The molecule has 0 radical (unpaired) electrons. The molecule has 1 atom stereocenters. The summed E-state index contributed by atoms with van der Waals surface area (Å²) in [5.41, 5.74) is 1.12. The zero-order valence-electron chi connectivity index (χ0n) is 16.1. The highest BCUT2D eigenvalue weighted by Crippen LogP contribution is 2.17. The molecular weight excluding hydrogens is 359 g/mol. The third-order valence-corrected chi connectivity index (χ3v) is 4.11. The first-order chi connectivity index (χ1) is 13.2. The molecular formula is C22H23FN2O3. The van der Waals surface area contributed by atoms with E-state index in [4.69, 9.17) is 4.74 Å². The minimum absolute atomic E-state index is 0.252. The zero-order chi connectivity index (χ0) is 20.3. The molecule has 0 saturated carbocycles. The highest BCUT2D eigenvalue weighted by Gasteiger charge is 2.27. The number of amides is 1. The van der Waals surface area contributed by atoms with E-state index in [-0.39, 0.29) is 11.5 Å². The van der Waals surface area contributed by atoms with Gasteiger partial charge in [0.15, 0.2) is 0 Å². The monoisotopic (exact) mass is 382 g/mol. The number of aromatic nitrogens is 1. The summed E-state index contributed by atoms with van der Waals surface area (Å²) in [5.74, 6) is -1.34. The third-order valence-electron chi connectivity index (χ3n) is 4.11. The Labute approximate surface area is 162 Å². The highest BCUT2D eigenvalue weighted by atomic mass is 19.1. The number of halogens is 1. The second-order valence-electron chi connectivity index (χ2n) is 7.66. The molecule has 0 aliphatic heterocycles. The predicted octanol–water partition coefficient (Wildman–Crippen LogP) is 3.99. The van der Waals surface area contributed by atoms with E-state index in [1.165, 1.54) is 12.1 Å². The molecule has 0 aliphatic carbocycles. The highest BCUT2D eigenvalue weighted by molar-refractivity contribution is 5.99. The zero-order valence-corrected chi connectivity index (χ0v) is 16.1. The maximum Gasteiger partial charge on any atom is 0.329 e. The molecule has 1 heterocycles. The first-order valence-corrected chi connectivity index (χ1v) is 9.07. The minimum Gasteiger partial charge on any atom is -0.458 e. The van der Waals surface area contributed by atoms with Crippen LogP contribution < -0.4 is 5.32 Å². The Morgan fingerprint density at radius 2 is 1.82 bits per heavy atom. The van der Waals surface area contributed by atoms with Crippen molar-refractivity contribution in [1.82, 2.24) is 10.3 Å². The van der Waals surface area contributed by atoms with Gasteiger partial charge in [-0.3, -0.25) is 4.79 Å². The van der Waals surface area contributed by atoms with Gasteiger partial charge in [0.25, 0.3) is 5.91 Å². The molecule has 146 valence electrons. The van der Waals surface area contributed by atoms with E-state index in [1.54, 1.807) is 32.9 Å². The van der Waals surface area contributed by atoms with E-state index in [0.717, 1.165) is 5.56 Å². The summed E-state index contributed by atoms with van der Waals surface area (Å²) in [6.07, 6.45) is 0.302. The van der Waals surface area contributed by atoms with Crippen LogP contribution in [0.5, 0.6) is 0 Å². The van der Waals surface area contributed by atoms with Crippen LogP contribution in [-0.2, 0) is 16.0 Å². The van der Waals surface area contributed by atoms with E-state index in [9.17, 15) is 14.0 Å². The number of ether oxygens (including phenoxy) is 1. The van der Waals surface area contributed by atoms with Gasteiger partial charge in [0.1, 0.15) is 23.2 Å². The molecule has 1 amide bonds. The Hall–Kier alpha value is -3.15. The fourth-order valence-electron chi connectivity index (χ4n) is 2.88. The second kappa shape index (κ2) is 7.84. The van der Waals surface area contributed by atoms with E-state index >= 15 is 0 Å². The lowest BCUT2D eigenvalue weighted by atomic mass is 10.1. The first kappa shape index (κ1) is 19.6. The lowest BCUT2D eigenvalue weighted by Crippen LogP contribution is -2.45. The van der Waals surface area contributed by atoms with Gasteiger partial charge in [-0.2, -0.15) is 0 Å². The standard InChI is InChI=1S/C22H23FN2O3/c1-22(2,3)28-21(27)19(11-14-7-5-4-6-8-14)25-20(26)18-13-15-12-16(23)9-10-17(15)24-18/h4-10,12-13,19,24H,11H2,1-3H3,(H,25,26)/t19-/m0/s1. The number of carbonyl (C=O) groups excluding carboxylic acids is 2. The number of carbonyl (C=O) groups is 2. The quantitative estimate of drug-likeness (QED) is 0.656. The van der Waals surface area contributed by atoms with Crippen LogP contribution in [0.4, 0.5) is 4.39 Å². The van der Waals surface area contributed by atoms with E-state index < -0.39 is 23.5 Å². The van der Waals surface area contributed by atoms with Gasteiger partial charge in [-0.05, 0) is 50.6 Å². The van der Waals surface area contributed by atoms with Crippen molar-refractivity contribution < 1.29 is 18.7 Å². The number of benzene rings is 2. The molecule has 0 spiro atoms. The van der Waals surface area contributed by atoms with Gasteiger partial charge in [0.2, 0.25) is 0 Å². The van der Waals surface area contributed by atoms with Crippen molar-refractivity contribution in [2.24, 2.45) is 0 Å². The van der Waals surface area contributed by atoms with Crippen LogP contribution in [0.25, 0.3) is 10.9 Å². The van der Waals surface area contributed by atoms with Gasteiger partial charge in [0, 0.05) is 17.3 Å². The molecule has 1 aromatic heterocycles. The number of esters is 1. The van der Waals surface area contributed by atoms with Crippen molar-refractivity contribution in [3.05, 3.63) is 71.7 Å². The van der Waals surface area contributed by atoms with Crippen molar-refractivity contribution in [1.29, 1.82) is 0 Å². The summed E-state index contributed by atoms with van der Waals surface area (Å²) >= 11 is 0. The van der Waals surface area contributed by atoms with E-state index in [0.29, 0.717) is 17.3 Å². The Balaban J connectivity index is 1.82. The van der Waals surface area contributed by atoms with Gasteiger partial charge in [0.05, 0.1) is 0 Å². The third kappa shape index (κ3) is 4.97. The lowest BCUT2D eigenvalue weighted by Gasteiger charge is -2.24. The van der Waals surface area contributed by atoms with Crippen LogP contribution in [0.3, 0.4) is 0 Å². The average molecular weight is 382 g/mol. The molecule has 2 aromatic carbocycles. The number of hydrogen-bond donors (Lipinski definition) is 2. The summed E-state index contributed by atoms with van der Waals surface area (Å²) in [5, 5.41) is 3.33. The summed E-state index contributed by atoms with van der Waals surface area (Å²) in [6, 6.07) is 14.3. The van der Waals surface area contributed by atoms with Crippen LogP contribution in [0, 0.1) is 5.82 Å². The van der Waals surface area contributed by atoms with E-state index in [1.807, 2.05) is 30.3 Å². The minimum atomic E-state index is -0.850. The Kier molecular flexibility index (Phi) is 5.49. The van der Waals surface area contributed by atoms with Crippen LogP contribution in [-0.4, -0.2) is 28.5 Å². The largest absolute Gasteiger partial charge is 0.458 e. The lowest BCUT2D eigenvalue weighted by molar-refractivity contribution is -0.157. The number of rotatable bonds is 5. The van der Waals surface area contributed by atoms with Gasteiger partial charge >= 0.3 is 5.97 Å². The molecule has 3 rings (SSSR count). The summed E-state index contributed by atoms with van der Waals surface area (Å²) < 4.78 is 18.9. The van der Waals surface area contributed by atoms with Crippen molar-refractivity contribution in [2.45, 2.75) is 38.8 Å². The van der Waals surface area contributed by atoms with E-state index in [2.05, 4.69) is 10.3 Å². The summed E-state index contributed by atoms with van der Waals surface area (Å²) in [7, 11) is 0. The fourth-order valence-corrected chi connectivity index (χ4v) is 2.88. The maximum atomic E-state index is 13.4. The van der Waals surface area contributed by atoms with Crippen molar-refractivity contribution in [2.75, 3.05) is 0 Å². The molecule has 0 fully saturated rings. The van der Waals surface area contributed by atoms with Gasteiger partial charge in [-0.1, -0.05) is 30.3 Å². The second-order valence-corrected chi connectivity index (χ2v) is 7.66. The number of aromatic amines is 1. The predicted molar refractivity (Wildman–Crippen MR) is 106 cm³/mol. The van der Waals surface area contributed by atoms with Crippen LogP contribution in [0.15, 0.2) is 54.6 Å². The number of fused-ring (bicyclic) bond motifs is 1. The Bertz CT molecular complexity index is 990. The summed E-state index contributed by atoms with van der Waals surface area (Å²) in [4.78, 5) is 28.3. The smallest absolute Gasteiger partial charge is 0.329 e. The topological polar surface area (TPSA) is 71.2 Å². The van der Waals surface area contributed by atoms with Crippen LogP contribution in [0.1, 0.15) is 36.8 Å². The maximum absolute atomic E-state index is 13.4. The van der Waals surface area contributed by atoms with Crippen LogP contribution >= 0.6 is 0 Å². The van der Waals surface area contributed by atoms with Gasteiger partial charge in [-0.25, -0.2) is 9.18 Å². The molecule has 0 unspecified atom stereocenters. The van der Waals surface area contributed by atoms with Crippen molar-refractivity contribution in [3.63, 3.8) is 0 Å². The SMILES string of the molecule is CC(C)(C)OC(=O)[C@H](Cc1ccccc1)NC(=O)c1cc2cc(F)ccc2[nH]1. The number of hydrogen-bond acceptors (Lipinski definition) is 3. The van der Waals surface area contributed by atoms with Gasteiger partial charge in [-0.15, -0.1) is 0 Å². The molecule has 3 aromatic rings. The number of H-pyrrole nitrogens is 1. The van der Waals surface area contributed by atoms with Crippen LogP contribution in [0.2, 0.25) is 0 Å². The molecule has 28 heavy (non-hydrogen) atoms. The molecule has 0 aliphatic rings. The van der Waals surface area contributed by atoms with Gasteiger partial charge < -0.3 is 15.0 Å². The molecule has 0 bridgehead atoms. The Morgan fingerprint density at radius 1 is 1.11 bits per heavy atom. The Morgan fingerprint density at radius 3 is 2.50 bits per heavy atom. The molecule has 0 saturated heterocycles. The normalized spacial score (nSPS) is 12.6. The molecule has 2 N–H and O–H groups in total.